The highest BCUT2D eigenvalue weighted by molar-refractivity contribution is 9.10. The highest BCUT2D eigenvalue weighted by Crippen LogP contribution is 2.36. The number of nitrogens with one attached hydrogen (secondary N) is 1. The van der Waals surface area contributed by atoms with Crippen molar-refractivity contribution in [2.75, 3.05) is 24.6 Å². The molecule has 8 nitrogen and oxygen atoms in total. The number of carbonyl (C=O) groups excluding carboxylic acids is 1. The Morgan fingerprint density at radius 1 is 1.19 bits per heavy atom. The summed E-state index contributed by atoms with van der Waals surface area (Å²) >= 11 is 9.72. The van der Waals surface area contributed by atoms with E-state index in [1.807, 2.05) is 6.92 Å². The van der Waals surface area contributed by atoms with Crippen LogP contribution >= 0.6 is 27.5 Å². The molecule has 0 spiro atoms. The number of para-hydroxylation sites is 1. The molecule has 0 aliphatic heterocycles. The van der Waals surface area contributed by atoms with Crippen molar-refractivity contribution in [3.8, 4) is 11.5 Å². The fourth-order valence-electron chi connectivity index (χ4n) is 3.23. The molecular formula is C26H25BrClN3O5S. The van der Waals surface area contributed by atoms with Crippen LogP contribution in [0.4, 0.5) is 5.69 Å². The van der Waals surface area contributed by atoms with Gasteiger partial charge in [0.2, 0.25) is 0 Å². The van der Waals surface area contributed by atoms with Crippen LogP contribution in [0.15, 0.2) is 87.8 Å². The van der Waals surface area contributed by atoms with Gasteiger partial charge in [0, 0.05) is 0 Å². The summed E-state index contributed by atoms with van der Waals surface area (Å²) in [5.41, 5.74) is 4.05. The van der Waals surface area contributed by atoms with Gasteiger partial charge in [-0.05, 0) is 64.8 Å². The standard InChI is InChI=1S/C26H25BrClN3O5S/c1-4-13-36-26-21(27)14-19(15-24(26)35-3)16-29-30-25(32)17-31(23-8-6-5-7-22(23)28)37(33,34)20-11-9-18(2)10-12-20/h4-12,14-16H,1,13,17H2,2-3H3,(H,30,32)/b29-16-. The minimum absolute atomic E-state index is 0.0324. The van der Waals surface area contributed by atoms with Gasteiger partial charge in [-0.2, -0.15) is 5.10 Å². The number of sulfonamides is 1. The molecule has 194 valence electrons. The second-order valence-electron chi connectivity index (χ2n) is 7.70. The number of rotatable bonds is 11. The summed E-state index contributed by atoms with van der Waals surface area (Å²) in [6, 6.07) is 16.1. The Hall–Kier alpha value is -3.34. The average molecular weight is 607 g/mol. The molecule has 3 rings (SSSR count). The quantitative estimate of drug-likeness (QED) is 0.181. The number of nitrogens with zero attached hydrogens (tertiary/aromatic N) is 2. The van der Waals surface area contributed by atoms with Crippen molar-refractivity contribution in [3.05, 3.63) is 93.9 Å². The predicted octanol–water partition coefficient (Wildman–Crippen LogP) is 5.33. The zero-order chi connectivity index (χ0) is 27.0. The second kappa shape index (κ2) is 12.8. The number of anilines is 1. The minimum Gasteiger partial charge on any atom is -0.493 e. The van der Waals surface area contributed by atoms with E-state index in [1.165, 1.54) is 31.5 Å². The summed E-state index contributed by atoms with van der Waals surface area (Å²) in [7, 11) is -2.60. The number of ether oxygens (including phenoxy) is 2. The number of carbonyl (C=O) groups is 1. The molecule has 0 aliphatic carbocycles. The first kappa shape index (κ1) is 28.2. The number of amides is 1. The number of aryl methyl sites for hydroxylation is 1. The largest absolute Gasteiger partial charge is 0.493 e. The van der Waals surface area contributed by atoms with E-state index >= 15 is 0 Å². The summed E-state index contributed by atoms with van der Waals surface area (Å²) in [6.07, 6.45) is 3.01. The fourth-order valence-corrected chi connectivity index (χ4v) is 5.53. The number of hydrogen-bond acceptors (Lipinski definition) is 6. The predicted molar refractivity (Wildman–Crippen MR) is 149 cm³/mol. The lowest BCUT2D eigenvalue weighted by Crippen LogP contribution is -2.39. The summed E-state index contributed by atoms with van der Waals surface area (Å²) < 4.78 is 39.4. The van der Waals surface area contributed by atoms with Crippen LogP contribution < -0.4 is 19.2 Å². The Kier molecular flexibility index (Phi) is 9.73. The smallest absolute Gasteiger partial charge is 0.264 e. The maximum absolute atomic E-state index is 13.5. The Labute approximate surface area is 229 Å². The van der Waals surface area contributed by atoms with Crippen LogP contribution in [-0.2, 0) is 14.8 Å². The summed E-state index contributed by atoms with van der Waals surface area (Å²) in [6.45, 7) is 5.23. The van der Waals surface area contributed by atoms with E-state index < -0.39 is 22.5 Å². The molecule has 0 bridgehead atoms. The molecule has 0 saturated heterocycles. The molecule has 1 amide bonds. The van der Waals surface area contributed by atoms with Gasteiger partial charge >= 0.3 is 0 Å². The molecule has 11 heteroatoms. The van der Waals surface area contributed by atoms with E-state index in [0.29, 0.717) is 28.1 Å². The third-order valence-corrected chi connectivity index (χ3v) is 7.70. The van der Waals surface area contributed by atoms with Crippen LogP contribution in [0.25, 0.3) is 0 Å². The lowest BCUT2D eigenvalue weighted by atomic mass is 10.2. The molecule has 0 aliphatic rings. The molecular weight excluding hydrogens is 582 g/mol. The summed E-state index contributed by atoms with van der Waals surface area (Å²) in [5, 5.41) is 4.16. The van der Waals surface area contributed by atoms with Crippen molar-refractivity contribution in [1.82, 2.24) is 5.43 Å². The highest BCUT2D eigenvalue weighted by atomic mass is 79.9. The summed E-state index contributed by atoms with van der Waals surface area (Å²) in [5.74, 6) is 0.294. The number of methoxy groups -OCH3 is 1. The van der Waals surface area contributed by atoms with Crippen molar-refractivity contribution < 1.29 is 22.7 Å². The van der Waals surface area contributed by atoms with Crippen molar-refractivity contribution >= 4 is 55.4 Å². The van der Waals surface area contributed by atoms with Crippen molar-refractivity contribution in [3.63, 3.8) is 0 Å². The lowest BCUT2D eigenvalue weighted by Gasteiger charge is -2.24. The normalized spacial score (nSPS) is 11.2. The van der Waals surface area contributed by atoms with E-state index in [1.54, 1.807) is 48.5 Å². The highest BCUT2D eigenvalue weighted by Gasteiger charge is 2.28. The zero-order valence-electron chi connectivity index (χ0n) is 20.1. The first-order valence-electron chi connectivity index (χ1n) is 10.9. The van der Waals surface area contributed by atoms with E-state index in [0.717, 1.165) is 9.87 Å². The number of benzene rings is 3. The molecule has 0 radical (unpaired) electrons. The van der Waals surface area contributed by atoms with Crippen LogP contribution in [0.3, 0.4) is 0 Å². The maximum atomic E-state index is 13.5. The van der Waals surface area contributed by atoms with Crippen LogP contribution in [0.2, 0.25) is 5.02 Å². The molecule has 3 aromatic carbocycles. The minimum atomic E-state index is -4.10. The molecule has 0 fully saturated rings. The fraction of sp³-hybridized carbons (Fsp3) is 0.154. The van der Waals surface area contributed by atoms with Crippen LogP contribution in [0, 0.1) is 6.92 Å². The van der Waals surface area contributed by atoms with Crippen molar-refractivity contribution in [2.45, 2.75) is 11.8 Å². The molecule has 0 unspecified atom stereocenters. The molecule has 0 atom stereocenters. The molecule has 37 heavy (non-hydrogen) atoms. The molecule has 3 aromatic rings. The Morgan fingerprint density at radius 3 is 2.54 bits per heavy atom. The first-order valence-corrected chi connectivity index (χ1v) is 13.6. The molecule has 0 heterocycles. The Morgan fingerprint density at radius 2 is 1.89 bits per heavy atom. The SMILES string of the molecule is C=CCOc1c(Br)cc(/C=N\NC(=O)CN(c2ccccc2Cl)S(=O)(=O)c2ccc(C)cc2)cc1OC. The van der Waals surface area contributed by atoms with Gasteiger partial charge in [0.15, 0.2) is 11.5 Å². The number of hydrogen-bond donors (Lipinski definition) is 1. The third-order valence-electron chi connectivity index (χ3n) is 5.02. The van der Waals surface area contributed by atoms with Gasteiger partial charge in [0.25, 0.3) is 15.9 Å². The van der Waals surface area contributed by atoms with E-state index in [9.17, 15) is 13.2 Å². The van der Waals surface area contributed by atoms with Crippen LogP contribution in [-0.4, -0.2) is 40.8 Å². The van der Waals surface area contributed by atoms with E-state index in [2.05, 4.69) is 33.0 Å². The molecule has 0 aromatic heterocycles. The van der Waals surface area contributed by atoms with Gasteiger partial charge in [0.05, 0.1) is 33.4 Å². The van der Waals surface area contributed by atoms with Gasteiger partial charge in [0.1, 0.15) is 13.2 Å². The molecule has 1 N–H and O–H groups in total. The van der Waals surface area contributed by atoms with E-state index in [-0.39, 0.29) is 15.6 Å². The monoisotopic (exact) mass is 605 g/mol. The van der Waals surface area contributed by atoms with Gasteiger partial charge in [-0.1, -0.05) is 54.1 Å². The third kappa shape index (κ3) is 7.12. The Bertz CT molecular complexity index is 1410. The van der Waals surface area contributed by atoms with Gasteiger partial charge in [-0.15, -0.1) is 0 Å². The molecule has 0 saturated carbocycles. The maximum Gasteiger partial charge on any atom is 0.264 e. The van der Waals surface area contributed by atoms with Crippen LogP contribution in [0.5, 0.6) is 11.5 Å². The van der Waals surface area contributed by atoms with Crippen molar-refractivity contribution in [2.24, 2.45) is 5.10 Å². The van der Waals surface area contributed by atoms with Gasteiger partial charge in [-0.3, -0.25) is 9.10 Å². The summed E-state index contributed by atoms with van der Waals surface area (Å²) in [4.78, 5) is 12.8. The average Bonchev–Trinajstić information content (AvgIpc) is 2.87. The lowest BCUT2D eigenvalue weighted by molar-refractivity contribution is -0.119. The van der Waals surface area contributed by atoms with Crippen molar-refractivity contribution in [1.29, 1.82) is 0 Å². The first-order chi connectivity index (χ1) is 17.7. The van der Waals surface area contributed by atoms with Gasteiger partial charge < -0.3 is 9.47 Å². The van der Waals surface area contributed by atoms with Gasteiger partial charge in [-0.25, -0.2) is 13.8 Å². The number of hydrazone groups is 1. The van der Waals surface area contributed by atoms with Crippen LogP contribution in [0.1, 0.15) is 11.1 Å². The number of halogens is 2. The van der Waals surface area contributed by atoms with E-state index in [4.69, 9.17) is 21.1 Å². The zero-order valence-corrected chi connectivity index (χ0v) is 23.3. The Balaban J connectivity index is 1.82. The second-order valence-corrected chi connectivity index (χ2v) is 10.8. The topological polar surface area (TPSA) is 97.3 Å².